The monoisotopic (exact) mass is 862 g/mol. The van der Waals surface area contributed by atoms with Gasteiger partial charge in [0.2, 0.25) is 9.84 Å². The molecule has 1 aromatic heterocycles. The number of hydrogen-bond donors (Lipinski definition) is 0. The third-order valence-electron chi connectivity index (χ3n) is 16.1. The van der Waals surface area contributed by atoms with Crippen molar-refractivity contribution in [3.05, 3.63) is 204 Å². The Hall–Kier alpha value is -6.69. The molecule has 8 aromatic carbocycles. The Labute approximate surface area is 381 Å². The molecule has 4 nitrogen and oxygen atoms in total. The molecule has 318 valence electrons. The van der Waals surface area contributed by atoms with Crippen molar-refractivity contribution in [3.63, 3.8) is 0 Å². The molecule has 0 saturated heterocycles. The first-order valence-electron chi connectivity index (χ1n) is 23.5. The fourth-order valence-corrected chi connectivity index (χ4v) is 15.0. The van der Waals surface area contributed by atoms with E-state index in [2.05, 4.69) is 187 Å². The summed E-state index contributed by atoms with van der Waals surface area (Å²) in [4.78, 5) is 3.37. The maximum atomic E-state index is 14.7. The number of aromatic nitrogens is 1. The molecule has 65 heavy (non-hydrogen) atoms. The van der Waals surface area contributed by atoms with E-state index < -0.39 is 9.84 Å². The van der Waals surface area contributed by atoms with E-state index in [1.165, 1.54) is 56.9 Å². The highest BCUT2D eigenvalue weighted by molar-refractivity contribution is 7.91. The third kappa shape index (κ3) is 5.45. The number of nitrogens with zero attached hydrogens (tertiary/aromatic N) is 2. The molecule has 3 aliphatic carbocycles. The Bertz CT molecular complexity index is 3430. The van der Waals surface area contributed by atoms with Crippen molar-refractivity contribution in [2.45, 2.75) is 73.0 Å². The molecule has 9 aromatic rings. The minimum Gasteiger partial charge on any atom is -0.310 e. The zero-order valence-corrected chi connectivity index (χ0v) is 37.7. The van der Waals surface area contributed by atoms with Crippen molar-refractivity contribution in [2.75, 3.05) is 4.90 Å². The van der Waals surface area contributed by atoms with Crippen LogP contribution in [0.2, 0.25) is 0 Å². The fourth-order valence-electron chi connectivity index (χ4n) is 13.2. The SMILES string of the molecule is CC1(C)c2ccccc2-c2ccc(N(c3ccc(-c4ccc(-n5c6ccccc6c6ccccc65)cc4)cc3)c3ccc4c(c3)C3(c5ccccc5S4(=O)=O)C4CCCC3CCC4)cc21. The number of hydrogen-bond acceptors (Lipinski definition) is 3. The molecule has 0 amide bonds. The summed E-state index contributed by atoms with van der Waals surface area (Å²) in [5, 5.41) is 2.51. The van der Waals surface area contributed by atoms with Crippen LogP contribution in [0.15, 0.2) is 192 Å². The average molecular weight is 863 g/mol. The van der Waals surface area contributed by atoms with Crippen molar-refractivity contribution >= 4 is 48.7 Å². The second-order valence-corrected chi connectivity index (χ2v) is 21.4. The van der Waals surface area contributed by atoms with Gasteiger partial charge >= 0.3 is 0 Å². The molecule has 0 atom stereocenters. The molecule has 1 spiro atoms. The zero-order chi connectivity index (χ0) is 43.7. The first-order valence-corrected chi connectivity index (χ1v) is 25.0. The van der Waals surface area contributed by atoms with E-state index in [1.807, 2.05) is 18.2 Å². The Kier molecular flexibility index (Phi) is 8.44. The highest BCUT2D eigenvalue weighted by Gasteiger charge is 2.57. The summed E-state index contributed by atoms with van der Waals surface area (Å²) in [6, 6.07) is 65.1. The highest BCUT2D eigenvalue weighted by atomic mass is 32.2. The molecule has 5 heteroatoms. The molecular weight excluding hydrogens is 813 g/mol. The Morgan fingerprint density at radius 3 is 1.63 bits per heavy atom. The van der Waals surface area contributed by atoms with Gasteiger partial charge in [0.05, 0.1) is 20.8 Å². The number of anilines is 3. The topological polar surface area (TPSA) is 42.3 Å². The summed E-state index contributed by atoms with van der Waals surface area (Å²) in [5.41, 5.74) is 15.6. The summed E-state index contributed by atoms with van der Waals surface area (Å²) in [5.74, 6) is 0.794. The van der Waals surface area contributed by atoms with Gasteiger partial charge in [-0.1, -0.05) is 136 Å². The van der Waals surface area contributed by atoms with Gasteiger partial charge < -0.3 is 9.47 Å². The predicted octanol–water partition coefficient (Wildman–Crippen LogP) is 15.3. The van der Waals surface area contributed by atoms with Gasteiger partial charge in [-0.2, -0.15) is 0 Å². The summed E-state index contributed by atoms with van der Waals surface area (Å²) in [7, 11) is -3.73. The van der Waals surface area contributed by atoms with Gasteiger partial charge in [0.25, 0.3) is 0 Å². The first-order chi connectivity index (χ1) is 31.7. The van der Waals surface area contributed by atoms with Crippen LogP contribution in [-0.2, 0) is 20.7 Å². The van der Waals surface area contributed by atoms with Crippen LogP contribution in [0.4, 0.5) is 17.1 Å². The molecule has 13 rings (SSSR count). The Morgan fingerprint density at radius 2 is 0.969 bits per heavy atom. The maximum absolute atomic E-state index is 14.7. The van der Waals surface area contributed by atoms with Crippen LogP contribution in [0.25, 0.3) is 49.7 Å². The highest BCUT2D eigenvalue weighted by Crippen LogP contribution is 2.63. The molecule has 2 fully saturated rings. The number of para-hydroxylation sites is 2. The van der Waals surface area contributed by atoms with Crippen LogP contribution in [0, 0.1) is 11.8 Å². The van der Waals surface area contributed by atoms with Crippen molar-refractivity contribution in [1.29, 1.82) is 0 Å². The maximum Gasteiger partial charge on any atom is 0.207 e. The van der Waals surface area contributed by atoms with Crippen LogP contribution < -0.4 is 4.90 Å². The molecule has 0 unspecified atom stereocenters. The van der Waals surface area contributed by atoms with E-state index in [0.717, 1.165) is 70.7 Å². The lowest BCUT2D eigenvalue weighted by Gasteiger charge is -2.56. The number of fused-ring (bicyclic) bond motifs is 8. The van der Waals surface area contributed by atoms with Gasteiger partial charge in [-0.25, -0.2) is 8.42 Å². The Morgan fingerprint density at radius 1 is 0.477 bits per heavy atom. The second kappa shape index (κ2) is 14.2. The molecule has 2 saturated carbocycles. The predicted molar refractivity (Wildman–Crippen MR) is 266 cm³/mol. The van der Waals surface area contributed by atoms with Gasteiger partial charge in [-0.3, -0.25) is 0 Å². The number of benzene rings is 8. The van der Waals surface area contributed by atoms with Crippen molar-refractivity contribution in [1.82, 2.24) is 4.57 Å². The largest absolute Gasteiger partial charge is 0.310 e. The van der Waals surface area contributed by atoms with Gasteiger partial charge in [0, 0.05) is 44.4 Å². The van der Waals surface area contributed by atoms with Gasteiger partial charge in [-0.05, 0) is 155 Å². The van der Waals surface area contributed by atoms with Crippen LogP contribution >= 0.6 is 0 Å². The van der Waals surface area contributed by atoms with Crippen molar-refractivity contribution in [3.8, 4) is 27.9 Å². The molecule has 4 aliphatic rings. The molecule has 0 N–H and O–H groups in total. The average Bonchev–Trinajstić information content (AvgIpc) is 3.79. The fraction of sp³-hybridized carbons (Fsp3) is 0.200. The lowest BCUT2D eigenvalue weighted by molar-refractivity contribution is 0.0783. The quantitative estimate of drug-likeness (QED) is 0.173. The van der Waals surface area contributed by atoms with Crippen molar-refractivity contribution < 1.29 is 8.42 Å². The van der Waals surface area contributed by atoms with E-state index >= 15 is 0 Å². The summed E-state index contributed by atoms with van der Waals surface area (Å²) in [6.45, 7) is 4.67. The minimum absolute atomic E-state index is 0.180. The minimum atomic E-state index is -3.73. The van der Waals surface area contributed by atoms with E-state index in [9.17, 15) is 8.42 Å². The van der Waals surface area contributed by atoms with E-state index in [1.54, 1.807) is 0 Å². The molecule has 2 heterocycles. The number of rotatable bonds is 5. The van der Waals surface area contributed by atoms with Crippen LogP contribution in [-0.4, -0.2) is 13.0 Å². The van der Waals surface area contributed by atoms with Crippen LogP contribution in [0.3, 0.4) is 0 Å². The summed E-state index contributed by atoms with van der Waals surface area (Å²) >= 11 is 0. The van der Waals surface area contributed by atoms with Gasteiger partial charge in [0.1, 0.15) is 0 Å². The molecular formula is C60H50N2O2S. The van der Waals surface area contributed by atoms with E-state index in [-0.39, 0.29) is 10.8 Å². The smallest absolute Gasteiger partial charge is 0.207 e. The van der Waals surface area contributed by atoms with Crippen LogP contribution in [0.1, 0.15) is 74.6 Å². The molecule has 1 aliphatic heterocycles. The standard InChI is InChI=1S/C60H50N2O2S/c1-59(2)51-20-6-3-17-47(51)48-35-33-45(37-53(48)59)61(46-34-36-58-54(38-46)60(41-13-11-14-42(60)16-12-15-41)52-21-7-10-24-57(52)65(58,63)64)43-29-25-39(26-30-43)40-27-31-44(32-28-40)62-55-22-8-4-18-49(55)50-19-5-9-23-56(50)62/h3-10,17-38,41-42H,11-16H2,1-2H3. The molecule has 0 radical (unpaired) electrons. The van der Waals surface area contributed by atoms with Crippen LogP contribution in [0.5, 0.6) is 0 Å². The molecule has 2 bridgehead atoms. The third-order valence-corrected chi connectivity index (χ3v) is 17.9. The van der Waals surface area contributed by atoms with E-state index in [0.29, 0.717) is 21.6 Å². The first kappa shape index (κ1) is 38.7. The summed E-state index contributed by atoms with van der Waals surface area (Å²) < 4.78 is 31.8. The Balaban J connectivity index is 0.954. The summed E-state index contributed by atoms with van der Waals surface area (Å²) in [6.07, 6.45) is 6.91. The van der Waals surface area contributed by atoms with Crippen molar-refractivity contribution in [2.24, 2.45) is 11.8 Å². The lowest BCUT2D eigenvalue weighted by atomic mass is 9.49. The second-order valence-electron chi connectivity index (χ2n) is 19.5. The van der Waals surface area contributed by atoms with Gasteiger partial charge in [-0.15, -0.1) is 0 Å². The lowest BCUT2D eigenvalue weighted by Crippen LogP contribution is -2.51. The normalized spacial score (nSPS) is 20.8. The zero-order valence-electron chi connectivity index (χ0n) is 36.8. The van der Waals surface area contributed by atoms with Gasteiger partial charge in [0.15, 0.2) is 0 Å². The number of sulfone groups is 1. The van der Waals surface area contributed by atoms with E-state index in [4.69, 9.17) is 0 Å².